The quantitative estimate of drug-likeness (QED) is 0.826. The molecule has 1 aliphatic heterocycles. The van der Waals surface area contributed by atoms with Crippen LogP contribution in [0.15, 0.2) is 0 Å². The van der Waals surface area contributed by atoms with Gasteiger partial charge in [0.25, 0.3) is 0 Å². The molecule has 2 atom stereocenters. The zero-order chi connectivity index (χ0) is 13.9. The van der Waals surface area contributed by atoms with Crippen molar-refractivity contribution in [2.45, 2.75) is 65.6 Å². The molecule has 0 aromatic carbocycles. The maximum Gasteiger partial charge on any atom is 0.410 e. The van der Waals surface area contributed by atoms with Crippen molar-refractivity contribution in [1.82, 2.24) is 10.2 Å². The molecule has 0 aromatic heterocycles. The average Bonchev–Trinajstić information content (AvgIpc) is 2.12. The van der Waals surface area contributed by atoms with Gasteiger partial charge in [0.15, 0.2) is 0 Å². The predicted molar refractivity (Wildman–Crippen MR) is 73.6 cm³/mol. The summed E-state index contributed by atoms with van der Waals surface area (Å²) in [6, 6.07) is 0.821. The van der Waals surface area contributed by atoms with Gasteiger partial charge in [-0.05, 0) is 33.1 Å². The number of nitrogens with zero attached hydrogens (tertiary/aromatic N) is 1. The smallest absolute Gasteiger partial charge is 0.410 e. The molecule has 0 aromatic rings. The van der Waals surface area contributed by atoms with Crippen LogP contribution in [0.4, 0.5) is 4.79 Å². The van der Waals surface area contributed by atoms with Gasteiger partial charge in [-0.15, -0.1) is 0 Å². The highest BCUT2D eigenvalue weighted by atomic mass is 16.6. The van der Waals surface area contributed by atoms with Crippen molar-refractivity contribution in [2.75, 3.05) is 13.1 Å². The van der Waals surface area contributed by atoms with Gasteiger partial charge in [-0.2, -0.15) is 0 Å². The summed E-state index contributed by atoms with van der Waals surface area (Å²) in [6.45, 7) is 13.7. The number of likely N-dealkylation sites (tertiary alicyclic amines) is 1. The highest BCUT2D eigenvalue weighted by Gasteiger charge is 2.30. The lowest BCUT2D eigenvalue weighted by atomic mass is 9.96. The minimum atomic E-state index is -0.418. The summed E-state index contributed by atoms with van der Waals surface area (Å²) in [5.74, 6) is 0.516. The Hall–Kier alpha value is -0.770. The van der Waals surface area contributed by atoms with Crippen molar-refractivity contribution >= 4 is 6.09 Å². The first kappa shape index (κ1) is 15.3. The van der Waals surface area contributed by atoms with Crippen LogP contribution in [0.1, 0.15) is 48.0 Å². The maximum absolute atomic E-state index is 12.1. The fraction of sp³-hybridized carbons (Fsp3) is 0.929. The maximum atomic E-state index is 12.1. The Morgan fingerprint density at radius 1 is 1.33 bits per heavy atom. The van der Waals surface area contributed by atoms with Gasteiger partial charge in [-0.3, -0.25) is 0 Å². The number of hydrogen-bond donors (Lipinski definition) is 1. The molecule has 0 bridgehead atoms. The molecule has 0 aliphatic carbocycles. The van der Waals surface area contributed by atoms with Gasteiger partial charge >= 0.3 is 6.09 Å². The molecule has 0 spiro atoms. The van der Waals surface area contributed by atoms with Gasteiger partial charge in [0.05, 0.1) is 0 Å². The molecule has 1 fully saturated rings. The Bertz CT molecular complexity index is 282. The number of carbonyl (C=O) groups excluding carboxylic acids is 1. The summed E-state index contributed by atoms with van der Waals surface area (Å²) >= 11 is 0. The second-order valence-electron chi connectivity index (χ2n) is 6.74. The number of amides is 1. The number of hydrogen-bond acceptors (Lipinski definition) is 3. The first-order chi connectivity index (χ1) is 8.17. The molecule has 0 unspecified atom stereocenters. The predicted octanol–water partition coefficient (Wildman–Crippen LogP) is 2.63. The summed E-state index contributed by atoms with van der Waals surface area (Å²) in [7, 11) is 0. The van der Waals surface area contributed by atoms with Crippen LogP contribution in [0.3, 0.4) is 0 Å². The summed E-state index contributed by atoms with van der Waals surface area (Å²) in [4.78, 5) is 13.9. The molecule has 106 valence electrons. The van der Waals surface area contributed by atoms with Gasteiger partial charge < -0.3 is 15.0 Å². The van der Waals surface area contributed by atoms with Crippen molar-refractivity contribution in [3.63, 3.8) is 0 Å². The van der Waals surface area contributed by atoms with E-state index in [1.54, 1.807) is 0 Å². The van der Waals surface area contributed by atoms with Gasteiger partial charge in [-0.25, -0.2) is 4.79 Å². The highest BCUT2D eigenvalue weighted by Crippen LogP contribution is 2.19. The average molecular weight is 256 g/mol. The largest absolute Gasteiger partial charge is 0.444 e. The Morgan fingerprint density at radius 2 is 1.94 bits per heavy atom. The Labute approximate surface area is 111 Å². The van der Waals surface area contributed by atoms with Crippen molar-refractivity contribution < 1.29 is 9.53 Å². The fourth-order valence-electron chi connectivity index (χ4n) is 2.42. The number of rotatable bonds is 2. The zero-order valence-electron chi connectivity index (χ0n) is 12.6. The van der Waals surface area contributed by atoms with Gasteiger partial charge in [-0.1, -0.05) is 20.8 Å². The second kappa shape index (κ2) is 5.91. The van der Waals surface area contributed by atoms with E-state index in [1.165, 1.54) is 0 Å². The molecule has 1 saturated heterocycles. The van der Waals surface area contributed by atoms with Crippen LogP contribution in [0.2, 0.25) is 0 Å². The van der Waals surface area contributed by atoms with Gasteiger partial charge in [0.2, 0.25) is 0 Å². The molecule has 1 rings (SSSR count). The Kier molecular flexibility index (Phi) is 5.02. The van der Waals surface area contributed by atoms with E-state index in [2.05, 4.69) is 26.1 Å². The molecule has 0 saturated carbocycles. The lowest BCUT2D eigenvalue weighted by molar-refractivity contribution is 0.0134. The molecule has 4 nitrogen and oxygen atoms in total. The van der Waals surface area contributed by atoms with E-state index in [0.717, 1.165) is 19.5 Å². The van der Waals surface area contributed by atoms with Crippen LogP contribution in [0.25, 0.3) is 0 Å². The third-order valence-electron chi connectivity index (χ3n) is 2.88. The van der Waals surface area contributed by atoms with Crippen LogP contribution >= 0.6 is 0 Å². The van der Waals surface area contributed by atoms with E-state index in [-0.39, 0.29) is 6.09 Å². The second-order valence-corrected chi connectivity index (χ2v) is 6.74. The van der Waals surface area contributed by atoms with E-state index in [4.69, 9.17) is 4.74 Å². The molecular formula is C14H28N2O2. The van der Waals surface area contributed by atoms with Crippen LogP contribution in [-0.2, 0) is 4.74 Å². The van der Waals surface area contributed by atoms with E-state index >= 15 is 0 Å². The van der Waals surface area contributed by atoms with Crippen molar-refractivity contribution in [3.05, 3.63) is 0 Å². The SMILES string of the molecule is CC(C)N[C@@H]1C[C@@H](C)CN(C(=O)OC(C)(C)C)C1. The molecule has 1 heterocycles. The monoisotopic (exact) mass is 256 g/mol. The number of ether oxygens (including phenoxy) is 1. The number of piperidine rings is 1. The molecule has 1 aliphatic rings. The van der Waals surface area contributed by atoms with Gasteiger partial charge in [0, 0.05) is 25.2 Å². The normalized spacial score (nSPS) is 25.4. The molecular weight excluding hydrogens is 228 g/mol. The van der Waals surface area contributed by atoms with Crippen LogP contribution in [0.5, 0.6) is 0 Å². The zero-order valence-corrected chi connectivity index (χ0v) is 12.6. The standard InChI is InChI=1S/C14H28N2O2/c1-10(2)15-12-7-11(3)8-16(9-12)13(17)18-14(4,5)6/h10-12,15H,7-9H2,1-6H3/t11-,12-/m1/s1. The minimum absolute atomic E-state index is 0.190. The summed E-state index contributed by atoms with van der Waals surface area (Å²) in [5, 5.41) is 3.51. The van der Waals surface area contributed by atoms with Crippen molar-refractivity contribution in [3.8, 4) is 0 Å². The Morgan fingerprint density at radius 3 is 2.44 bits per heavy atom. The molecule has 4 heteroatoms. The molecule has 1 amide bonds. The number of nitrogens with one attached hydrogen (secondary N) is 1. The third kappa shape index (κ3) is 5.25. The first-order valence-corrected chi connectivity index (χ1v) is 6.91. The van der Waals surface area contributed by atoms with E-state index in [0.29, 0.717) is 18.0 Å². The van der Waals surface area contributed by atoms with Gasteiger partial charge in [0.1, 0.15) is 5.60 Å². The minimum Gasteiger partial charge on any atom is -0.444 e. The van der Waals surface area contributed by atoms with E-state index in [9.17, 15) is 4.79 Å². The topological polar surface area (TPSA) is 41.6 Å². The first-order valence-electron chi connectivity index (χ1n) is 6.91. The van der Waals surface area contributed by atoms with Crippen LogP contribution in [0, 0.1) is 5.92 Å². The lowest BCUT2D eigenvalue weighted by Gasteiger charge is -2.38. The van der Waals surface area contributed by atoms with Crippen LogP contribution < -0.4 is 5.32 Å². The molecule has 18 heavy (non-hydrogen) atoms. The molecule has 1 N–H and O–H groups in total. The fourth-order valence-corrected chi connectivity index (χ4v) is 2.42. The van der Waals surface area contributed by atoms with Crippen LogP contribution in [-0.4, -0.2) is 41.8 Å². The van der Waals surface area contributed by atoms with E-state index < -0.39 is 5.60 Å². The summed E-state index contributed by atoms with van der Waals surface area (Å²) in [6.07, 6.45) is 0.932. The lowest BCUT2D eigenvalue weighted by Crippen LogP contribution is -2.53. The summed E-state index contributed by atoms with van der Waals surface area (Å²) in [5.41, 5.74) is -0.418. The van der Waals surface area contributed by atoms with Crippen molar-refractivity contribution in [1.29, 1.82) is 0 Å². The van der Waals surface area contributed by atoms with Crippen molar-refractivity contribution in [2.24, 2.45) is 5.92 Å². The molecule has 0 radical (unpaired) electrons. The third-order valence-corrected chi connectivity index (χ3v) is 2.88. The number of carbonyl (C=O) groups is 1. The van der Waals surface area contributed by atoms with E-state index in [1.807, 2.05) is 25.7 Å². The highest BCUT2D eigenvalue weighted by molar-refractivity contribution is 5.68. The summed E-state index contributed by atoms with van der Waals surface area (Å²) < 4.78 is 5.44. The Balaban J connectivity index is 2.57.